The molecule has 4 nitrogen and oxygen atoms in total. The smallest absolute Gasteiger partial charge is 0.138 e. The second-order valence-electron chi connectivity index (χ2n) is 8.42. The number of hydrogen-bond donors (Lipinski definition) is 0. The number of hydrogen-bond acceptors (Lipinski definition) is 2. The highest BCUT2D eigenvalue weighted by Crippen LogP contribution is 2.35. The van der Waals surface area contributed by atoms with Crippen LogP contribution in [-0.4, -0.2) is 19.1 Å². The third-order valence-electron chi connectivity index (χ3n) is 6.44. The number of rotatable bonds is 3. The fraction of sp³-hybridized carbons (Fsp3) is 0. The molecule has 34 heavy (non-hydrogen) atoms. The second kappa shape index (κ2) is 7.42. The summed E-state index contributed by atoms with van der Waals surface area (Å²) in [7, 11) is 0. The van der Waals surface area contributed by atoms with Gasteiger partial charge >= 0.3 is 0 Å². The Balaban J connectivity index is 1.51. The minimum absolute atomic E-state index is 0.898. The molecule has 0 N–H and O–H groups in total. The van der Waals surface area contributed by atoms with Crippen molar-refractivity contribution in [2.75, 3.05) is 0 Å². The van der Waals surface area contributed by atoms with E-state index in [4.69, 9.17) is 4.98 Å². The Kier molecular flexibility index (Phi) is 4.11. The second-order valence-corrected chi connectivity index (χ2v) is 8.42. The van der Waals surface area contributed by atoms with Crippen LogP contribution in [0.2, 0.25) is 0 Å². The first-order valence-electron chi connectivity index (χ1n) is 11.3. The van der Waals surface area contributed by atoms with Crippen molar-refractivity contribution in [3.8, 4) is 22.8 Å². The Morgan fingerprint density at radius 1 is 0.618 bits per heavy atom. The Morgan fingerprint density at radius 3 is 2.38 bits per heavy atom. The minimum atomic E-state index is 0.898. The molecular weight excluding hydrogens is 416 g/mol. The number of nitrogens with zero attached hydrogens (tertiary/aromatic N) is 4. The molecule has 0 spiro atoms. The van der Waals surface area contributed by atoms with E-state index in [0.717, 1.165) is 33.8 Å². The third kappa shape index (κ3) is 2.86. The summed E-state index contributed by atoms with van der Waals surface area (Å²) in [5.74, 6) is 0.898. The van der Waals surface area contributed by atoms with Crippen molar-refractivity contribution in [3.63, 3.8) is 0 Å². The Labute approximate surface area is 196 Å². The van der Waals surface area contributed by atoms with E-state index in [-0.39, 0.29) is 0 Å². The maximum Gasteiger partial charge on any atom is 0.138 e. The molecule has 0 amide bonds. The van der Waals surface area contributed by atoms with Crippen molar-refractivity contribution in [1.29, 1.82) is 0 Å². The molecule has 0 saturated carbocycles. The SMILES string of the molecule is c1ccc(-n2ccc3cc4c(cc32)c2ccccc2n4-c2cccc(-c3cccnc3)n2)cc1. The quantitative estimate of drug-likeness (QED) is 0.294. The van der Waals surface area contributed by atoms with Crippen LogP contribution in [-0.2, 0) is 0 Å². The van der Waals surface area contributed by atoms with Crippen LogP contribution in [0, 0.1) is 0 Å². The van der Waals surface area contributed by atoms with Crippen LogP contribution in [0.5, 0.6) is 0 Å². The molecule has 0 saturated heterocycles. The number of aromatic nitrogens is 4. The van der Waals surface area contributed by atoms with Crippen LogP contribution in [0.25, 0.3) is 55.5 Å². The van der Waals surface area contributed by atoms with Crippen molar-refractivity contribution in [2.24, 2.45) is 0 Å². The predicted molar refractivity (Wildman–Crippen MR) is 139 cm³/mol. The third-order valence-corrected chi connectivity index (χ3v) is 6.44. The molecule has 0 atom stereocenters. The lowest BCUT2D eigenvalue weighted by atomic mass is 10.1. The first-order chi connectivity index (χ1) is 16.9. The van der Waals surface area contributed by atoms with Crippen LogP contribution in [0.15, 0.2) is 122 Å². The molecule has 0 aliphatic rings. The van der Waals surface area contributed by atoms with Gasteiger partial charge in [0.1, 0.15) is 5.82 Å². The molecule has 4 heteroatoms. The molecule has 0 aliphatic carbocycles. The van der Waals surface area contributed by atoms with Crippen LogP contribution in [0.1, 0.15) is 0 Å². The van der Waals surface area contributed by atoms with Crippen LogP contribution < -0.4 is 0 Å². The maximum atomic E-state index is 5.04. The lowest BCUT2D eigenvalue weighted by molar-refractivity contribution is 1.08. The number of benzene rings is 3. The first kappa shape index (κ1) is 18.8. The van der Waals surface area contributed by atoms with Gasteiger partial charge in [-0.1, -0.05) is 42.5 Å². The van der Waals surface area contributed by atoms with Gasteiger partial charge in [-0.15, -0.1) is 0 Å². The van der Waals surface area contributed by atoms with E-state index >= 15 is 0 Å². The Morgan fingerprint density at radius 2 is 1.50 bits per heavy atom. The van der Waals surface area contributed by atoms with Crippen molar-refractivity contribution in [3.05, 3.63) is 122 Å². The monoisotopic (exact) mass is 436 g/mol. The Bertz CT molecular complexity index is 1790. The highest BCUT2D eigenvalue weighted by Gasteiger charge is 2.16. The van der Waals surface area contributed by atoms with Gasteiger partial charge in [0.25, 0.3) is 0 Å². The molecule has 160 valence electrons. The average Bonchev–Trinajstić information content (AvgIpc) is 3.47. The van der Waals surface area contributed by atoms with E-state index in [1.54, 1.807) is 6.20 Å². The molecular formula is C30H20N4. The molecule has 0 radical (unpaired) electrons. The minimum Gasteiger partial charge on any atom is -0.317 e. The van der Waals surface area contributed by atoms with E-state index in [1.165, 1.54) is 21.7 Å². The zero-order chi connectivity index (χ0) is 22.5. The van der Waals surface area contributed by atoms with E-state index in [1.807, 2.05) is 30.5 Å². The number of para-hydroxylation sites is 2. The summed E-state index contributed by atoms with van der Waals surface area (Å²) in [4.78, 5) is 9.30. The average molecular weight is 437 g/mol. The van der Waals surface area contributed by atoms with Gasteiger partial charge in [-0.05, 0) is 60.7 Å². The summed E-state index contributed by atoms with van der Waals surface area (Å²) >= 11 is 0. The normalized spacial score (nSPS) is 11.5. The van der Waals surface area contributed by atoms with Crippen molar-refractivity contribution >= 4 is 32.7 Å². The topological polar surface area (TPSA) is 35.6 Å². The fourth-order valence-electron chi connectivity index (χ4n) is 4.88. The number of pyridine rings is 2. The summed E-state index contributed by atoms with van der Waals surface area (Å²) in [6.07, 6.45) is 5.79. The zero-order valence-electron chi connectivity index (χ0n) is 18.3. The molecule has 0 unspecified atom stereocenters. The molecule has 7 aromatic rings. The van der Waals surface area contributed by atoms with Gasteiger partial charge in [0.2, 0.25) is 0 Å². The van der Waals surface area contributed by atoms with Gasteiger partial charge in [-0.25, -0.2) is 4.98 Å². The highest BCUT2D eigenvalue weighted by molar-refractivity contribution is 6.13. The Hall–Kier alpha value is -4.70. The molecule has 0 aliphatic heterocycles. The number of fused-ring (bicyclic) bond motifs is 4. The lowest BCUT2D eigenvalue weighted by Gasteiger charge is -2.09. The van der Waals surface area contributed by atoms with Gasteiger partial charge in [-0.3, -0.25) is 9.55 Å². The molecule has 3 aromatic carbocycles. The van der Waals surface area contributed by atoms with E-state index in [2.05, 4.69) is 99.2 Å². The zero-order valence-corrected chi connectivity index (χ0v) is 18.3. The van der Waals surface area contributed by atoms with Crippen molar-refractivity contribution < 1.29 is 0 Å². The maximum absolute atomic E-state index is 5.04. The summed E-state index contributed by atoms with van der Waals surface area (Å²) in [5.41, 5.74) is 6.56. The van der Waals surface area contributed by atoms with Gasteiger partial charge in [0, 0.05) is 46.0 Å². The summed E-state index contributed by atoms with van der Waals surface area (Å²) < 4.78 is 4.52. The predicted octanol–water partition coefficient (Wildman–Crippen LogP) is 7.18. The molecule has 7 rings (SSSR count). The van der Waals surface area contributed by atoms with Crippen molar-refractivity contribution in [1.82, 2.24) is 19.1 Å². The molecule has 0 fully saturated rings. The van der Waals surface area contributed by atoms with E-state index < -0.39 is 0 Å². The highest BCUT2D eigenvalue weighted by atomic mass is 15.1. The van der Waals surface area contributed by atoms with Gasteiger partial charge < -0.3 is 4.57 Å². The van der Waals surface area contributed by atoms with Crippen LogP contribution in [0.4, 0.5) is 0 Å². The van der Waals surface area contributed by atoms with Crippen molar-refractivity contribution in [2.45, 2.75) is 0 Å². The summed E-state index contributed by atoms with van der Waals surface area (Å²) in [6, 6.07) is 36.0. The standard InChI is InChI=1S/C30H20N4/c1-2-9-23(10-3-1)33-17-15-21-18-29-25(19-28(21)33)24-11-4-5-13-27(24)34(29)30-14-6-12-26(32-30)22-8-7-16-31-20-22/h1-20H. The van der Waals surface area contributed by atoms with E-state index in [9.17, 15) is 0 Å². The van der Waals surface area contributed by atoms with Gasteiger partial charge in [0.15, 0.2) is 0 Å². The van der Waals surface area contributed by atoms with Gasteiger partial charge in [-0.2, -0.15) is 0 Å². The molecule has 4 heterocycles. The van der Waals surface area contributed by atoms with Crippen LogP contribution in [0.3, 0.4) is 0 Å². The van der Waals surface area contributed by atoms with E-state index in [0.29, 0.717) is 0 Å². The summed E-state index contributed by atoms with van der Waals surface area (Å²) in [6.45, 7) is 0. The molecule has 0 bridgehead atoms. The molecule has 4 aromatic heterocycles. The first-order valence-corrected chi connectivity index (χ1v) is 11.3. The van der Waals surface area contributed by atoms with Crippen LogP contribution >= 0.6 is 0 Å². The summed E-state index contributed by atoms with van der Waals surface area (Å²) in [5, 5.41) is 3.63. The lowest BCUT2D eigenvalue weighted by Crippen LogP contribution is -1.98. The largest absolute Gasteiger partial charge is 0.317 e. The fourth-order valence-corrected chi connectivity index (χ4v) is 4.88. The van der Waals surface area contributed by atoms with Gasteiger partial charge in [0.05, 0.1) is 22.2 Å².